The number of hydrogen-bond acceptors (Lipinski definition) is 2. The van der Waals surface area contributed by atoms with Crippen LogP contribution < -0.4 is 0 Å². The van der Waals surface area contributed by atoms with Crippen molar-refractivity contribution in [3.63, 3.8) is 0 Å². The molecule has 1 nitrogen and oxygen atoms in total. The van der Waals surface area contributed by atoms with Crippen LogP contribution in [-0.2, 0) is 0 Å². The molecule has 0 fully saturated rings. The fourth-order valence-corrected chi connectivity index (χ4v) is 1.28. The summed E-state index contributed by atoms with van der Waals surface area (Å²) in [6, 6.07) is 0. The quantitative estimate of drug-likeness (QED) is 0.641. The molecule has 0 spiro atoms. The highest BCUT2D eigenvalue weighted by Crippen LogP contribution is 2.09. The molecule has 0 aliphatic rings. The molecule has 0 aromatic heterocycles. The van der Waals surface area contributed by atoms with Crippen molar-refractivity contribution in [2.45, 2.75) is 19.8 Å². The predicted octanol–water partition coefficient (Wildman–Crippen LogP) is 1.76. The first-order valence-corrected chi connectivity index (χ1v) is 4.84. The minimum absolute atomic E-state index is 0.358. The maximum Gasteiger partial charge on any atom is 0.0459 e. The van der Waals surface area contributed by atoms with Gasteiger partial charge >= 0.3 is 0 Å². The Kier molecular flexibility index (Phi) is 6.65. The monoisotopic (exact) mass is 148 g/mol. The van der Waals surface area contributed by atoms with Gasteiger partial charge in [0.05, 0.1) is 0 Å². The molecular formula is C7H16OS. The van der Waals surface area contributed by atoms with Gasteiger partial charge < -0.3 is 5.11 Å². The van der Waals surface area contributed by atoms with Crippen LogP contribution in [0.5, 0.6) is 0 Å². The summed E-state index contributed by atoms with van der Waals surface area (Å²) in [6.45, 7) is 2.48. The van der Waals surface area contributed by atoms with E-state index in [0.717, 1.165) is 12.8 Å². The summed E-state index contributed by atoms with van der Waals surface area (Å²) < 4.78 is 0. The molecule has 0 heterocycles. The van der Waals surface area contributed by atoms with E-state index in [9.17, 15) is 0 Å². The van der Waals surface area contributed by atoms with Crippen molar-refractivity contribution in [3.05, 3.63) is 0 Å². The Labute approximate surface area is 61.8 Å². The highest BCUT2D eigenvalue weighted by atomic mass is 32.2. The summed E-state index contributed by atoms with van der Waals surface area (Å²) >= 11 is 1.85. The van der Waals surface area contributed by atoms with Gasteiger partial charge in [-0.05, 0) is 24.3 Å². The van der Waals surface area contributed by atoms with Gasteiger partial charge in [-0.2, -0.15) is 11.8 Å². The lowest BCUT2D eigenvalue weighted by atomic mass is 10.1. The Morgan fingerprint density at radius 3 is 2.56 bits per heavy atom. The molecule has 0 radical (unpaired) electrons. The minimum Gasteiger partial charge on any atom is -0.396 e. The molecule has 0 amide bonds. The van der Waals surface area contributed by atoms with E-state index in [1.165, 1.54) is 5.75 Å². The fraction of sp³-hybridized carbons (Fsp3) is 1.00. The fourth-order valence-electron chi connectivity index (χ4n) is 0.709. The second-order valence-corrected chi connectivity index (χ2v) is 3.22. The molecule has 0 aromatic carbocycles. The molecule has 0 saturated heterocycles. The molecule has 0 aromatic rings. The van der Waals surface area contributed by atoms with Gasteiger partial charge in [0.25, 0.3) is 0 Å². The van der Waals surface area contributed by atoms with Crippen LogP contribution in [0.3, 0.4) is 0 Å². The molecule has 0 aliphatic heterocycles. The number of aliphatic hydroxyl groups excluding tert-OH is 1. The van der Waals surface area contributed by atoms with Gasteiger partial charge in [-0.15, -0.1) is 0 Å². The Hall–Kier alpha value is 0.310. The zero-order valence-electron chi connectivity index (χ0n) is 6.26. The van der Waals surface area contributed by atoms with Crippen LogP contribution in [0.1, 0.15) is 19.8 Å². The van der Waals surface area contributed by atoms with Gasteiger partial charge in [-0.1, -0.05) is 13.3 Å². The van der Waals surface area contributed by atoms with Crippen LogP contribution in [0.25, 0.3) is 0 Å². The van der Waals surface area contributed by atoms with Crippen LogP contribution in [0.2, 0.25) is 0 Å². The van der Waals surface area contributed by atoms with Gasteiger partial charge in [-0.25, -0.2) is 0 Å². The van der Waals surface area contributed by atoms with E-state index in [0.29, 0.717) is 12.5 Å². The minimum atomic E-state index is 0.358. The first-order chi connectivity index (χ1) is 4.35. The predicted molar refractivity (Wildman–Crippen MR) is 43.9 cm³/mol. The molecule has 0 bridgehead atoms. The topological polar surface area (TPSA) is 20.2 Å². The number of thioether (sulfide) groups is 1. The van der Waals surface area contributed by atoms with Gasteiger partial charge in [0.2, 0.25) is 0 Å². The van der Waals surface area contributed by atoms with E-state index in [4.69, 9.17) is 5.11 Å². The van der Waals surface area contributed by atoms with Crippen molar-refractivity contribution >= 4 is 11.8 Å². The first kappa shape index (κ1) is 9.31. The lowest BCUT2D eigenvalue weighted by molar-refractivity contribution is 0.220. The van der Waals surface area contributed by atoms with Crippen LogP contribution in [0.15, 0.2) is 0 Å². The Morgan fingerprint density at radius 2 is 2.22 bits per heavy atom. The van der Waals surface area contributed by atoms with E-state index >= 15 is 0 Å². The maximum absolute atomic E-state index is 8.74. The maximum atomic E-state index is 8.74. The molecule has 0 aliphatic carbocycles. The third-order valence-corrected chi connectivity index (χ3v) is 2.21. The second kappa shape index (κ2) is 6.43. The average molecular weight is 148 g/mol. The largest absolute Gasteiger partial charge is 0.396 e. The standard InChI is InChI=1S/C7H16OS/c1-3-7(6-8)4-5-9-2/h7-8H,3-6H2,1-2H3/t7-/m0/s1. The summed E-state index contributed by atoms with van der Waals surface area (Å²) in [5, 5.41) is 8.74. The zero-order valence-corrected chi connectivity index (χ0v) is 7.08. The molecule has 0 rings (SSSR count). The van der Waals surface area contributed by atoms with Gasteiger partial charge in [0.15, 0.2) is 0 Å². The van der Waals surface area contributed by atoms with Crippen LogP contribution in [0, 0.1) is 5.92 Å². The van der Waals surface area contributed by atoms with Crippen molar-refractivity contribution < 1.29 is 5.11 Å². The van der Waals surface area contributed by atoms with Crippen molar-refractivity contribution in [1.82, 2.24) is 0 Å². The molecule has 1 atom stereocenters. The van der Waals surface area contributed by atoms with Crippen molar-refractivity contribution in [2.24, 2.45) is 5.92 Å². The van der Waals surface area contributed by atoms with Crippen LogP contribution in [0.4, 0.5) is 0 Å². The number of rotatable bonds is 5. The van der Waals surface area contributed by atoms with E-state index < -0.39 is 0 Å². The average Bonchev–Trinajstić information content (AvgIpc) is 1.91. The third-order valence-electron chi connectivity index (χ3n) is 1.57. The molecule has 56 valence electrons. The van der Waals surface area contributed by atoms with Crippen LogP contribution in [-0.4, -0.2) is 23.7 Å². The lowest BCUT2D eigenvalue weighted by Crippen LogP contribution is -2.04. The van der Waals surface area contributed by atoms with E-state index in [-0.39, 0.29) is 0 Å². The van der Waals surface area contributed by atoms with Crippen molar-refractivity contribution in [2.75, 3.05) is 18.6 Å². The normalized spacial score (nSPS) is 13.7. The van der Waals surface area contributed by atoms with Gasteiger partial charge in [0, 0.05) is 6.61 Å². The summed E-state index contributed by atoms with van der Waals surface area (Å²) in [4.78, 5) is 0. The Bertz CT molecular complexity index is 52.9. The van der Waals surface area contributed by atoms with E-state index in [2.05, 4.69) is 13.2 Å². The lowest BCUT2D eigenvalue weighted by Gasteiger charge is -2.08. The zero-order chi connectivity index (χ0) is 7.11. The smallest absolute Gasteiger partial charge is 0.0459 e. The van der Waals surface area contributed by atoms with Gasteiger partial charge in [0.1, 0.15) is 0 Å². The number of hydrogen-bond donors (Lipinski definition) is 1. The molecule has 1 N–H and O–H groups in total. The van der Waals surface area contributed by atoms with E-state index in [1.54, 1.807) is 0 Å². The van der Waals surface area contributed by atoms with E-state index in [1.807, 2.05) is 11.8 Å². The van der Waals surface area contributed by atoms with Gasteiger partial charge in [-0.3, -0.25) is 0 Å². The molecule has 9 heavy (non-hydrogen) atoms. The Balaban J connectivity index is 3.09. The molecule has 0 saturated carbocycles. The van der Waals surface area contributed by atoms with Crippen molar-refractivity contribution in [3.8, 4) is 0 Å². The second-order valence-electron chi connectivity index (χ2n) is 2.24. The van der Waals surface area contributed by atoms with Crippen LogP contribution >= 0.6 is 11.8 Å². The summed E-state index contributed by atoms with van der Waals surface area (Å²) in [5.41, 5.74) is 0. The van der Waals surface area contributed by atoms with Crippen molar-refractivity contribution in [1.29, 1.82) is 0 Å². The Morgan fingerprint density at radius 1 is 1.56 bits per heavy atom. The highest BCUT2D eigenvalue weighted by Gasteiger charge is 2.01. The SMILES string of the molecule is CC[C@H](CO)CCSC. The summed E-state index contributed by atoms with van der Waals surface area (Å²) in [7, 11) is 0. The molecule has 0 unspecified atom stereocenters. The molecular weight excluding hydrogens is 132 g/mol. The summed E-state index contributed by atoms with van der Waals surface area (Å²) in [6.07, 6.45) is 4.37. The highest BCUT2D eigenvalue weighted by molar-refractivity contribution is 7.98. The third kappa shape index (κ3) is 4.79. The first-order valence-electron chi connectivity index (χ1n) is 3.45. The molecule has 2 heteroatoms. The summed E-state index contributed by atoms with van der Waals surface area (Å²) in [5.74, 6) is 1.72. The number of aliphatic hydroxyl groups is 1.